The minimum absolute atomic E-state index is 0.124. The fourth-order valence-electron chi connectivity index (χ4n) is 5.31. The van der Waals surface area contributed by atoms with Crippen LogP contribution in [0.2, 0.25) is 0 Å². The number of nitrogens with two attached hydrogens (primary N) is 1. The molecule has 2 atom stereocenters. The van der Waals surface area contributed by atoms with Crippen molar-refractivity contribution in [1.82, 2.24) is 10.2 Å². The van der Waals surface area contributed by atoms with Gasteiger partial charge in [0.05, 0.1) is 6.42 Å². The number of unbranched alkanes of at least 4 members (excludes halogenated alkanes) is 5. The van der Waals surface area contributed by atoms with E-state index < -0.39 is 47.9 Å². The lowest BCUT2D eigenvalue weighted by Gasteiger charge is -2.34. The van der Waals surface area contributed by atoms with Crippen LogP contribution in [0.15, 0.2) is 60.7 Å². The number of hydrogen-bond donors (Lipinski definition) is 4. The molecule has 0 spiro atoms. The smallest absolute Gasteiger partial charge is 0.408 e. The van der Waals surface area contributed by atoms with Gasteiger partial charge in [0.25, 0.3) is 5.91 Å². The molecular weight excluding hydrogens is 584 g/mol. The molecule has 4 amide bonds. The van der Waals surface area contributed by atoms with Gasteiger partial charge in [-0.05, 0) is 62.6 Å². The summed E-state index contributed by atoms with van der Waals surface area (Å²) in [6.45, 7) is 8.99. The third kappa shape index (κ3) is 10.5. The first-order valence-electron chi connectivity index (χ1n) is 16.0. The van der Waals surface area contributed by atoms with Crippen LogP contribution in [0.4, 0.5) is 10.5 Å². The van der Waals surface area contributed by atoms with E-state index in [9.17, 15) is 24.3 Å². The Morgan fingerprint density at radius 1 is 0.913 bits per heavy atom. The Balaban J connectivity index is 2.06. The summed E-state index contributed by atoms with van der Waals surface area (Å²) >= 11 is 0. The first-order valence-corrected chi connectivity index (χ1v) is 16.0. The molecule has 0 saturated heterocycles. The van der Waals surface area contributed by atoms with E-state index >= 15 is 0 Å². The second-order valence-corrected chi connectivity index (χ2v) is 12.6. The Kier molecular flexibility index (Phi) is 13.0. The topological polar surface area (TPSA) is 151 Å². The van der Waals surface area contributed by atoms with Crippen LogP contribution in [-0.2, 0) is 19.1 Å². The molecule has 0 aliphatic heterocycles. The number of alkyl carbamates (subject to hydrolysis) is 1. The minimum atomic E-state index is -1.41. The van der Waals surface area contributed by atoms with Crippen LogP contribution in [-0.4, -0.2) is 52.0 Å². The molecule has 10 nitrogen and oxygen atoms in total. The van der Waals surface area contributed by atoms with Gasteiger partial charge in [0.1, 0.15) is 23.4 Å². The van der Waals surface area contributed by atoms with E-state index in [0.717, 1.165) is 42.9 Å². The summed E-state index contributed by atoms with van der Waals surface area (Å²) in [7, 11) is 0. The minimum Gasteiger partial charge on any atom is -0.507 e. The number of primary amides is 1. The molecule has 46 heavy (non-hydrogen) atoms. The molecule has 2 unspecified atom stereocenters. The van der Waals surface area contributed by atoms with Gasteiger partial charge in [-0.25, -0.2) is 4.79 Å². The maximum atomic E-state index is 14.4. The number of phenolic OH excluding ortho intramolecular Hbond substituents is 1. The number of carbonyl (C=O) groups excluding carboxylic acids is 4. The van der Waals surface area contributed by atoms with Crippen molar-refractivity contribution in [2.45, 2.75) is 97.2 Å². The number of carbonyl (C=O) groups is 4. The zero-order valence-electron chi connectivity index (χ0n) is 27.6. The van der Waals surface area contributed by atoms with E-state index in [1.54, 1.807) is 52.0 Å². The van der Waals surface area contributed by atoms with Crippen molar-refractivity contribution in [2.75, 3.05) is 11.9 Å². The molecule has 0 heterocycles. The van der Waals surface area contributed by atoms with Gasteiger partial charge in [-0.3, -0.25) is 14.4 Å². The van der Waals surface area contributed by atoms with Crippen molar-refractivity contribution < 1.29 is 29.0 Å². The van der Waals surface area contributed by atoms with Crippen molar-refractivity contribution in [1.29, 1.82) is 0 Å². The summed E-state index contributed by atoms with van der Waals surface area (Å²) in [5.74, 6) is -2.21. The van der Waals surface area contributed by atoms with E-state index in [1.165, 1.54) is 4.90 Å². The lowest BCUT2D eigenvalue weighted by Crippen LogP contribution is -2.53. The van der Waals surface area contributed by atoms with Crippen LogP contribution in [0.25, 0.3) is 10.8 Å². The van der Waals surface area contributed by atoms with Crippen LogP contribution >= 0.6 is 0 Å². The normalized spacial score (nSPS) is 12.6. The first-order chi connectivity index (χ1) is 21.8. The molecule has 10 heteroatoms. The Hall–Kier alpha value is -4.60. The van der Waals surface area contributed by atoms with Crippen molar-refractivity contribution in [3.05, 3.63) is 71.8 Å². The molecule has 0 aliphatic carbocycles. The third-order valence-corrected chi connectivity index (χ3v) is 7.57. The van der Waals surface area contributed by atoms with Gasteiger partial charge in [-0.2, -0.15) is 0 Å². The van der Waals surface area contributed by atoms with Gasteiger partial charge in [0, 0.05) is 17.8 Å². The fourth-order valence-corrected chi connectivity index (χ4v) is 5.31. The Bertz CT molecular complexity index is 1520. The summed E-state index contributed by atoms with van der Waals surface area (Å²) in [6, 6.07) is 15.5. The maximum Gasteiger partial charge on any atom is 0.408 e. The number of para-hydroxylation sites is 1. The average molecular weight is 633 g/mol. The number of hydrogen-bond acceptors (Lipinski definition) is 6. The summed E-state index contributed by atoms with van der Waals surface area (Å²) in [4.78, 5) is 54.9. The lowest BCUT2D eigenvalue weighted by molar-refractivity contribution is -0.142. The zero-order chi connectivity index (χ0) is 33.9. The monoisotopic (exact) mass is 632 g/mol. The Morgan fingerprint density at radius 3 is 2.26 bits per heavy atom. The second kappa shape index (κ2) is 16.6. The van der Waals surface area contributed by atoms with Gasteiger partial charge >= 0.3 is 6.09 Å². The van der Waals surface area contributed by atoms with Crippen molar-refractivity contribution in [2.24, 2.45) is 5.73 Å². The van der Waals surface area contributed by atoms with Crippen LogP contribution in [0.3, 0.4) is 0 Å². The van der Waals surface area contributed by atoms with Gasteiger partial charge < -0.3 is 31.1 Å². The summed E-state index contributed by atoms with van der Waals surface area (Å²) < 4.78 is 5.37. The first kappa shape index (κ1) is 35.9. The maximum absolute atomic E-state index is 14.4. The average Bonchev–Trinajstić information content (AvgIpc) is 2.98. The number of benzene rings is 3. The molecule has 5 N–H and O–H groups in total. The molecule has 3 aromatic rings. The second-order valence-electron chi connectivity index (χ2n) is 12.6. The molecule has 0 saturated carbocycles. The van der Waals surface area contributed by atoms with E-state index in [1.807, 2.05) is 36.4 Å². The molecule has 0 bridgehead atoms. The summed E-state index contributed by atoms with van der Waals surface area (Å²) in [5, 5.41) is 18.5. The quantitative estimate of drug-likeness (QED) is 0.141. The number of ether oxygens (including phenoxy) is 1. The molecule has 3 rings (SSSR count). The molecule has 0 radical (unpaired) electrons. The predicted molar refractivity (Wildman–Crippen MR) is 180 cm³/mol. The predicted octanol–water partition coefficient (Wildman–Crippen LogP) is 6.49. The van der Waals surface area contributed by atoms with E-state index in [0.29, 0.717) is 17.7 Å². The third-order valence-electron chi connectivity index (χ3n) is 7.57. The highest BCUT2D eigenvalue weighted by atomic mass is 16.6. The number of rotatable bonds is 15. The fraction of sp³-hybridized carbons (Fsp3) is 0.444. The number of aromatic hydroxyl groups is 1. The van der Waals surface area contributed by atoms with Gasteiger partial charge in [-0.15, -0.1) is 0 Å². The van der Waals surface area contributed by atoms with E-state index in [-0.39, 0.29) is 17.9 Å². The number of amides is 4. The largest absolute Gasteiger partial charge is 0.507 e. The van der Waals surface area contributed by atoms with Gasteiger partial charge in [0.15, 0.2) is 0 Å². The zero-order valence-corrected chi connectivity index (χ0v) is 27.6. The van der Waals surface area contributed by atoms with E-state index in [4.69, 9.17) is 10.5 Å². The van der Waals surface area contributed by atoms with Crippen LogP contribution in [0, 0.1) is 6.92 Å². The van der Waals surface area contributed by atoms with Crippen LogP contribution in [0.1, 0.15) is 89.8 Å². The standard InChI is InChI=1S/C36H48N4O6/c1-6-7-8-9-10-13-21-40(34(44)29(23-30(37)41)39-35(45)46-36(3,4)5)31(28-18-14-15-24(2)32(28)42)33(43)38-27-20-19-25-16-11-12-17-26(25)22-27/h11-12,14-20,22,29,31,42H,6-10,13,21,23H2,1-5H3,(H2,37,41)(H,38,43)(H,39,45). The highest BCUT2D eigenvalue weighted by Crippen LogP contribution is 2.34. The number of nitrogens with one attached hydrogen (secondary N) is 2. The molecule has 0 aliphatic rings. The van der Waals surface area contributed by atoms with Gasteiger partial charge in [-0.1, -0.05) is 87.6 Å². The molecule has 248 valence electrons. The SMILES string of the molecule is CCCCCCCCN(C(=O)C(CC(N)=O)NC(=O)OC(C)(C)C)C(C(=O)Nc1ccc2ccccc2c1)c1cccc(C)c1O. The summed E-state index contributed by atoms with van der Waals surface area (Å²) in [6.07, 6.45) is 4.10. The number of aryl methyl sites for hydroxylation is 1. The Labute approximate surface area is 271 Å². The number of anilines is 1. The lowest BCUT2D eigenvalue weighted by atomic mass is 9.98. The number of fused-ring (bicyclic) bond motifs is 1. The van der Waals surface area contributed by atoms with Crippen molar-refractivity contribution in [3.63, 3.8) is 0 Å². The summed E-state index contributed by atoms with van der Waals surface area (Å²) in [5.41, 5.74) is 5.90. The van der Waals surface area contributed by atoms with E-state index in [2.05, 4.69) is 17.6 Å². The Morgan fingerprint density at radius 2 is 1.59 bits per heavy atom. The van der Waals surface area contributed by atoms with Crippen molar-refractivity contribution >= 4 is 40.3 Å². The highest BCUT2D eigenvalue weighted by molar-refractivity contribution is 6.01. The molecule has 3 aromatic carbocycles. The van der Waals surface area contributed by atoms with Crippen LogP contribution in [0.5, 0.6) is 5.75 Å². The number of phenols is 1. The number of nitrogens with zero attached hydrogens (tertiary/aromatic N) is 1. The van der Waals surface area contributed by atoms with Gasteiger partial charge in [0.2, 0.25) is 11.8 Å². The molecular formula is C36H48N4O6. The highest BCUT2D eigenvalue weighted by Gasteiger charge is 2.38. The van der Waals surface area contributed by atoms with Crippen LogP contribution < -0.4 is 16.4 Å². The molecule has 0 fully saturated rings. The van der Waals surface area contributed by atoms with Crippen molar-refractivity contribution in [3.8, 4) is 5.75 Å². The molecule has 0 aromatic heterocycles.